The standard InChI is InChI=1S/C11H13NO2/c1-10(13)12-14-9-5-8-11-6-3-2-4-7-11/h2-8H,9H2,1H3,(H,12,13)/b8-5+. The molecule has 1 N–H and O–H groups in total. The average Bonchev–Trinajstić information content (AvgIpc) is 2.18. The first-order chi connectivity index (χ1) is 6.79. The lowest BCUT2D eigenvalue weighted by Crippen LogP contribution is -2.19. The van der Waals surface area contributed by atoms with Gasteiger partial charge in [-0.3, -0.25) is 9.63 Å². The molecule has 3 heteroatoms. The van der Waals surface area contributed by atoms with Gasteiger partial charge in [0, 0.05) is 6.92 Å². The van der Waals surface area contributed by atoms with Crippen LogP contribution in [0.15, 0.2) is 36.4 Å². The first-order valence-corrected chi connectivity index (χ1v) is 4.39. The van der Waals surface area contributed by atoms with Gasteiger partial charge in [-0.05, 0) is 5.56 Å². The number of carbonyl (C=O) groups excluding carboxylic acids is 1. The van der Waals surface area contributed by atoms with Gasteiger partial charge in [-0.2, -0.15) is 0 Å². The van der Waals surface area contributed by atoms with Gasteiger partial charge < -0.3 is 0 Å². The molecule has 74 valence electrons. The van der Waals surface area contributed by atoms with E-state index in [1.807, 2.05) is 42.5 Å². The Labute approximate surface area is 83.3 Å². The van der Waals surface area contributed by atoms with E-state index in [1.165, 1.54) is 6.92 Å². The molecule has 1 amide bonds. The van der Waals surface area contributed by atoms with Crippen molar-refractivity contribution in [3.8, 4) is 0 Å². The maximum absolute atomic E-state index is 10.4. The summed E-state index contributed by atoms with van der Waals surface area (Å²) < 4.78 is 0. The number of hydrogen-bond acceptors (Lipinski definition) is 2. The van der Waals surface area contributed by atoms with Crippen LogP contribution in [0.5, 0.6) is 0 Å². The largest absolute Gasteiger partial charge is 0.273 e. The van der Waals surface area contributed by atoms with Gasteiger partial charge >= 0.3 is 0 Å². The van der Waals surface area contributed by atoms with Crippen molar-refractivity contribution < 1.29 is 9.63 Å². The third-order valence-electron chi connectivity index (χ3n) is 1.51. The molecule has 0 aromatic heterocycles. The number of benzene rings is 1. The predicted octanol–water partition coefficient (Wildman–Crippen LogP) is 1.77. The second kappa shape index (κ2) is 5.94. The SMILES string of the molecule is CC(=O)NOC/C=C/c1ccccc1. The van der Waals surface area contributed by atoms with E-state index in [0.29, 0.717) is 6.61 Å². The number of hydrogen-bond donors (Lipinski definition) is 1. The fourth-order valence-electron chi connectivity index (χ4n) is 0.940. The Balaban J connectivity index is 2.25. The molecule has 1 rings (SSSR count). The van der Waals surface area contributed by atoms with Gasteiger partial charge in [-0.1, -0.05) is 42.5 Å². The van der Waals surface area contributed by atoms with Crippen LogP contribution in [-0.4, -0.2) is 12.5 Å². The van der Waals surface area contributed by atoms with Crippen LogP contribution in [0, 0.1) is 0 Å². The van der Waals surface area contributed by atoms with Crippen LogP contribution in [0.4, 0.5) is 0 Å². The zero-order valence-electron chi connectivity index (χ0n) is 8.07. The number of rotatable bonds is 4. The van der Waals surface area contributed by atoms with Crippen molar-refractivity contribution in [1.29, 1.82) is 0 Å². The monoisotopic (exact) mass is 191 g/mol. The minimum absolute atomic E-state index is 0.196. The van der Waals surface area contributed by atoms with Crippen molar-refractivity contribution in [3.63, 3.8) is 0 Å². The molecule has 3 nitrogen and oxygen atoms in total. The molecule has 0 aliphatic carbocycles. The number of hydroxylamine groups is 1. The van der Waals surface area contributed by atoms with Crippen LogP contribution in [0.3, 0.4) is 0 Å². The Bertz CT molecular complexity index is 306. The molecule has 0 bridgehead atoms. The normalized spacial score (nSPS) is 10.4. The lowest BCUT2D eigenvalue weighted by molar-refractivity contribution is -0.130. The third kappa shape index (κ3) is 4.42. The van der Waals surface area contributed by atoms with Gasteiger partial charge in [-0.15, -0.1) is 0 Å². The summed E-state index contributed by atoms with van der Waals surface area (Å²) >= 11 is 0. The van der Waals surface area contributed by atoms with E-state index in [1.54, 1.807) is 0 Å². The molecule has 0 saturated heterocycles. The molecule has 0 spiro atoms. The molecule has 0 saturated carbocycles. The van der Waals surface area contributed by atoms with E-state index in [2.05, 4.69) is 5.48 Å². The van der Waals surface area contributed by atoms with Gasteiger partial charge in [0.2, 0.25) is 5.91 Å². The van der Waals surface area contributed by atoms with Crippen LogP contribution in [-0.2, 0) is 9.63 Å². The highest BCUT2D eigenvalue weighted by atomic mass is 16.6. The summed E-state index contributed by atoms with van der Waals surface area (Å²) in [5.41, 5.74) is 3.35. The lowest BCUT2D eigenvalue weighted by Gasteiger charge is -1.98. The average molecular weight is 191 g/mol. The summed E-state index contributed by atoms with van der Waals surface area (Å²) in [7, 11) is 0. The quantitative estimate of drug-likeness (QED) is 0.581. The van der Waals surface area contributed by atoms with E-state index in [9.17, 15) is 4.79 Å². The van der Waals surface area contributed by atoms with E-state index in [0.717, 1.165) is 5.56 Å². The summed E-state index contributed by atoms with van der Waals surface area (Å²) in [6.07, 6.45) is 3.77. The second-order valence-corrected chi connectivity index (χ2v) is 2.78. The summed E-state index contributed by atoms with van der Waals surface area (Å²) in [4.78, 5) is 15.2. The van der Waals surface area contributed by atoms with Crippen molar-refractivity contribution in [3.05, 3.63) is 42.0 Å². The first kappa shape index (κ1) is 10.5. The Morgan fingerprint density at radius 3 is 2.79 bits per heavy atom. The van der Waals surface area contributed by atoms with Crippen LogP contribution in [0.2, 0.25) is 0 Å². The van der Waals surface area contributed by atoms with Crippen molar-refractivity contribution >= 4 is 12.0 Å². The molecule has 0 aliphatic heterocycles. The van der Waals surface area contributed by atoms with Crippen molar-refractivity contribution in [2.24, 2.45) is 0 Å². The summed E-state index contributed by atoms with van der Waals surface area (Å²) in [6.45, 7) is 1.77. The minimum Gasteiger partial charge on any atom is -0.273 e. The Kier molecular flexibility index (Phi) is 4.44. The molecule has 0 heterocycles. The van der Waals surface area contributed by atoms with Crippen LogP contribution in [0.25, 0.3) is 6.08 Å². The number of amides is 1. The number of nitrogens with one attached hydrogen (secondary N) is 1. The highest BCUT2D eigenvalue weighted by molar-refractivity contribution is 5.71. The van der Waals surface area contributed by atoms with Crippen molar-refractivity contribution in [1.82, 2.24) is 5.48 Å². The Morgan fingerprint density at radius 1 is 1.43 bits per heavy atom. The molecule has 1 aromatic rings. The van der Waals surface area contributed by atoms with Gasteiger partial charge in [0.05, 0.1) is 6.61 Å². The smallest absolute Gasteiger partial charge is 0.240 e. The fourth-order valence-corrected chi connectivity index (χ4v) is 0.940. The Hall–Kier alpha value is -1.61. The minimum atomic E-state index is -0.196. The second-order valence-electron chi connectivity index (χ2n) is 2.78. The maximum Gasteiger partial charge on any atom is 0.240 e. The highest BCUT2D eigenvalue weighted by Gasteiger charge is 1.86. The molecule has 0 aliphatic rings. The third-order valence-corrected chi connectivity index (χ3v) is 1.51. The molecular formula is C11H13NO2. The molecule has 1 aromatic carbocycles. The van der Waals surface area contributed by atoms with E-state index in [4.69, 9.17) is 4.84 Å². The van der Waals surface area contributed by atoms with Gasteiger partial charge in [0.1, 0.15) is 0 Å². The molecule has 0 unspecified atom stereocenters. The van der Waals surface area contributed by atoms with E-state index in [-0.39, 0.29) is 5.91 Å². The summed E-state index contributed by atoms with van der Waals surface area (Å²) in [5, 5.41) is 0. The van der Waals surface area contributed by atoms with Crippen LogP contribution < -0.4 is 5.48 Å². The van der Waals surface area contributed by atoms with Crippen LogP contribution in [0.1, 0.15) is 12.5 Å². The van der Waals surface area contributed by atoms with Gasteiger partial charge in [-0.25, -0.2) is 5.48 Å². The Morgan fingerprint density at radius 2 is 2.14 bits per heavy atom. The van der Waals surface area contributed by atoms with E-state index < -0.39 is 0 Å². The van der Waals surface area contributed by atoms with Gasteiger partial charge in [0.25, 0.3) is 0 Å². The fraction of sp³-hybridized carbons (Fsp3) is 0.182. The molecule has 0 radical (unpaired) electrons. The van der Waals surface area contributed by atoms with Crippen molar-refractivity contribution in [2.45, 2.75) is 6.92 Å². The summed E-state index contributed by atoms with van der Waals surface area (Å²) in [5.74, 6) is -0.196. The topological polar surface area (TPSA) is 38.3 Å². The first-order valence-electron chi connectivity index (χ1n) is 4.39. The molecule has 14 heavy (non-hydrogen) atoms. The van der Waals surface area contributed by atoms with E-state index >= 15 is 0 Å². The lowest BCUT2D eigenvalue weighted by atomic mass is 10.2. The predicted molar refractivity (Wildman–Crippen MR) is 55.2 cm³/mol. The number of carbonyl (C=O) groups is 1. The van der Waals surface area contributed by atoms with Gasteiger partial charge in [0.15, 0.2) is 0 Å². The van der Waals surface area contributed by atoms with Crippen LogP contribution >= 0.6 is 0 Å². The summed E-state index contributed by atoms with van der Waals surface area (Å²) in [6, 6.07) is 9.89. The van der Waals surface area contributed by atoms with Crippen molar-refractivity contribution in [2.75, 3.05) is 6.61 Å². The molecule has 0 fully saturated rings. The maximum atomic E-state index is 10.4. The zero-order valence-corrected chi connectivity index (χ0v) is 8.07. The highest BCUT2D eigenvalue weighted by Crippen LogP contribution is 2.00. The molecular weight excluding hydrogens is 178 g/mol. The molecule has 0 atom stereocenters. The zero-order chi connectivity index (χ0) is 10.2.